The summed E-state index contributed by atoms with van der Waals surface area (Å²) in [4.78, 5) is 38.7. The average molecular weight is 453 g/mol. The van der Waals surface area contributed by atoms with Crippen LogP contribution >= 0.6 is 0 Å². The summed E-state index contributed by atoms with van der Waals surface area (Å²) in [6, 6.07) is 15.2. The summed E-state index contributed by atoms with van der Waals surface area (Å²) in [6.45, 7) is 6.85. The molecule has 0 bridgehead atoms. The van der Waals surface area contributed by atoms with Gasteiger partial charge in [0.05, 0.1) is 0 Å². The fraction of sp³-hybridized carbons (Fsp3) is 0.423. The first kappa shape index (κ1) is 24.3. The second-order valence-corrected chi connectivity index (χ2v) is 9.44. The topological polar surface area (TPSA) is 95.9 Å². The molecule has 1 fully saturated rings. The summed E-state index contributed by atoms with van der Waals surface area (Å²) in [5, 5.41) is 12.3. The van der Waals surface area contributed by atoms with E-state index >= 15 is 0 Å². The molecule has 1 saturated heterocycles. The molecule has 2 amide bonds. The highest BCUT2D eigenvalue weighted by molar-refractivity contribution is 5.89. The Balaban J connectivity index is 1.60. The van der Waals surface area contributed by atoms with Gasteiger partial charge in [-0.25, -0.2) is 9.59 Å². The molecule has 7 heteroatoms. The van der Waals surface area contributed by atoms with Crippen molar-refractivity contribution in [2.75, 3.05) is 6.54 Å². The zero-order chi connectivity index (χ0) is 24.0. The molecule has 0 spiro atoms. The van der Waals surface area contributed by atoms with Gasteiger partial charge in [0, 0.05) is 13.0 Å². The number of benzene rings is 2. The van der Waals surface area contributed by atoms with Crippen LogP contribution in [0, 0.1) is 0 Å². The molecule has 33 heavy (non-hydrogen) atoms. The van der Waals surface area contributed by atoms with E-state index in [0.717, 1.165) is 16.7 Å². The lowest BCUT2D eigenvalue weighted by Crippen LogP contribution is -2.51. The Morgan fingerprint density at radius 1 is 1.06 bits per heavy atom. The number of aliphatic carboxylic acids is 1. The highest BCUT2D eigenvalue weighted by Gasteiger charge is 2.36. The van der Waals surface area contributed by atoms with Crippen molar-refractivity contribution in [3.05, 3.63) is 71.3 Å². The van der Waals surface area contributed by atoms with Crippen LogP contribution in [0.5, 0.6) is 0 Å². The molecule has 2 atom stereocenters. The number of hydrogen-bond donors (Lipinski definition) is 2. The maximum Gasteiger partial charge on any atom is 0.410 e. The molecule has 1 heterocycles. The van der Waals surface area contributed by atoms with Crippen molar-refractivity contribution in [3.8, 4) is 0 Å². The molecule has 0 aromatic heterocycles. The second-order valence-electron chi connectivity index (χ2n) is 9.44. The van der Waals surface area contributed by atoms with Gasteiger partial charge >= 0.3 is 12.1 Å². The number of carbonyl (C=O) groups excluding carboxylic acids is 2. The summed E-state index contributed by atoms with van der Waals surface area (Å²) in [7, 11) is 0. The van der Waals surface area contributed by atoms with Crippen molar-refractivity contribution in [2.24, 2.45) is 0 Å². The molecule has 176 valence electrons. The number of ether oxygens (including phenoxy) is 1. The highest BCUT2D eigenvalue weighted by atomic mass is 16.6. The summed E-state index contributed by atoms with van der Waals surface area (Å²) in [5.74, 6) is -1.58. The third kappa shape index (κ3) is 6.57. The number of nitrogens with one attached hydrogen (secondary N) is 1. The zero-order valence-corrected chi connectivity index (χ0v) is 19.4. The highest BCUT2D eigenvalue weighted by Crippen LogP contribution is 2.23. The van der Waals surface area contributed by atoms with Gasteiger partial charge in [0.15, 0.2) is 0 Å². The smallest absolute Gasteiger partial charge is 0.410 e. The van der Waals surface area contributed by atoms with Crippen LogP contribution in [0.4, 0.5) is 4.79 Å². The normalized spacial score (nSPS) is 16.8. The number of likely N-dealkylation sites (tertiary alicyclic amines) is 1. The Labute approximate surface area is 194 Å². The summed E-state index contributed by atoms with van der Waals surface area (Å²) in [5.41, 5.74) is 2.83. The van der Waals surface area contributed by atoms with Gasteiger partial charge in [-0.1, -0.05) is 75.4 Å². The fourth-order valence-corrected chi connectivity index (χ4v) is 3.90. The predicted octanol–water partition coefficient (Wildman–Crippen LogP) is 3.90. The van der Waals surface area contributed by atoms with E-state index in [1.807, 2.05) is 54.6 Å². The first-order chi connectivity index (χ1) is 15.6. The Morgan fingerprint density at radius 3 is 2.33 bits per heavy atom. The van der Waals surface area contributed by atoms with Gasteiger partial charge in [-0.05, 0) is 34.9 Å². The molecule has 1 aliphatic rings. The van der Waals surface area contributed by atoms with E-state index < -0.39 is 30.1 Å². The van der Waals surface area contributed by atoms with Crippen molar-refractivity contribution in [1.29, 1.82) is 0 Å². The van der Waals surface area contributed by atoms with Gasteiger partial charge < -0.3 is 15.2 Å². The molecular formula is C26H32N2O5. The molecule has 3 rings (SSSR count). The number of carbonyl (C=O) groups is 3. The SMILES string of the molecule is CC(C)(C)c1ccc(C[C@H](NC(=O)[C@H]2CCCN2C(=O)OCc2ccccc2)C(=O)O)cc1. The van der Waals surface area contributed by atoms with Crippen molar-refractivity contribution >= 4 is 18.0 Å². The van der Waals surface area contributed by atoms with Crippen molar-refractivity contribution in [1.82, 2.24) is 10.2 Å². The summed E-state index contributed by atoms with van der Waals surface area (Å²) >= 11 is 0. The van der Waals surface area contributed by atoms with E-state index in [2.05, 4.69) is 26.1 Å². The van der Waals surface area contributed by atoms with Crippen molar-refractivity contribution in [3.63, 3.8) is 0 Å². The van der Waals surface area contributed by atoms with Crippen LogP contribution in [0.2, 0.25) is 0 Å². The van der Waals surface area contributed by atoms with Gasteiger partial charge in [-0.15, -0.1) is 0 Å². The maximum absolute atomic E-state index is 12.9. The Kier molecular flexibility index (Phi) is 7.74. The molecule has 2 aromatic rings. The minimum atomic E-state index is -1.11. The van der Waals surface area contributed by atoms with Gasteiger partial charge in [-0.3, -0.25) is 9.69 Å². The maximum atomic E-state index is 12.9. The minimum absolute atomic E-state index is 0.00000313. The van der Waals surface area contributed by atoms with Crippen LogP contribution in [0.3, 0.4) is 0 Å². The zero-order valence-electron chi connectivity index (χ0n) is 19.4. The molecule has 2 aromatic carbocycles. The molecule has 0 aliphatic carbocycles. The van der Waals surface area contributed by atoms with Crippen LogP contribution in [0.25, 0.3) is 0 Å². The van der Waals surface area contributed by atoms with E-state index in [1.165, 1.54) is 4.90 Å². The third-order valence-corrected chi connectivity index (χ3v) is 5.87. The number of rotatable bonds is 7. The standard InChI is InChI=1S/C26H32N2O5/c1-26(2,3)20-13-11-18(12-14-20)16-21(24(30)31)27-23(29)22-10-7-15-28(22)25(32)33-17-19-8-5-4-6-9-19/h4-6,8-9,11-14,21-22H,7,10,15-17H2,1-3H3,(H,27,29)(H,30,31)/t21-,22+/m0/s1. The lowest BCUT2D eigenvalue weighted by Gasteiger charge is -2.25. The van der Waals surface area contributed by atoms with E-state index in [0.29, 0.717) is 19.4 Å². The number of hydrogen-bond acceptors (Lipinski definition) is 4. The second kappa shape index (κ2) is 10.5. The van der Waals surface area contributed by atoms with Gasteiger partial charge in [-0.2, -0.15) is 0 Å². The molecule has 0 saturated carbocycles. The number of carboxylic acid groups (broad SMARTS) is 1. The van der Waals surface area contributed by atoms with Crippen LogP contribution in [-0.4, -0.2) is 46.6 Å². The predicted molar refractivity (Wildman–Crippen MR) is 125 cm³/mol. The fourth-order valence-electron chi connectivity index (χ4n) is 3.90. The van der Waals surface area contributed by atoms with E-state index in [4.69, 9.17) is 4.74 Å². The van der Waals surface area contributed by atoms with Gasteiger partial charge in [0.2, 0.25) is 5.91 Å². The van der Waals surface area contributed by atoms with Crippen LogP contribution in [-0.2, 0) is 32.8 Å². The number of nitrogens with zero attached hydrogens (tertiary/aromatic N) is 1. The summed E-state index contributed by atoms with van der Waals surface area (Å²) in [6.07, 6.45) is 0.723. The molecular weight excluding hydrogens is 420 g/mol. The van der Waals surface area contributed by atoms with Crippen molar-refractivity contribution < 1.29 is 24.2 Å². The largest absolute Gasteiger partial charge is 0.480 e. The first-order valence-corrected chi connectivity index (χ1v) is 11.2. The Morgan fingerprint density at radius 2 is 1.73 bits per heavy atom. The van der Waals surface area contributed by atoms with E-state index in [9.17, 15) is 19.5 Å². The molecule has 0 unspecified atom stereocenters. The molecule has 2 N–H and O–H groups in total. The number of amides is 2. The monoisotopic (exact) mass is 452 g/mol. The van der Waals surface area contributed by atoms with Crippen LogP contribution < -0.4 is 5.32 Å². The Hall–Kier alpha value is -3.35. The third-order valence-electron chi connectivity index (χ3n) is 5.87. The van der Waals surface area contributed by atoms with Crippen LogP contribution in [0.1, 0.15) is 50.3 Å². The molecule has 0 radical (unpaired) electrons. The Bertz CT molecular complexity index is 966. The van der Waals surface area contributed by atoms with Crippen LogP contribution in [0.15, 0.2) is 54.6 Å². The average Bonchev–Trinajstić information content (AvgIpc) is 3.27. The lowest BCUT2D eigenvalue weighted by atomic mass is 9.86. The van der Waals surface area contributed by atoms with Gasteiger partial charge in [0.1, 0.15) is 18.7 Å². The molecule has 7 nitrogen and oxygen atoms in total. The lowest BCUT2D eigenvalue weighted by molar-refractivity contribution is -0.142. The van der Waals surface area contributed by atoms with Crippen molar-refractivity contribution in [2.45, 2.75) is 64.1 Å². The van der Waals surface area contributed by atoms with Gasteiger partial charge in [0.25, 0.3) is 0 Å². The molecule has 1 aliphatic heterocycles. The first-order valence-electron chi connectivity index (χ1n) is 11.2. The number of carboxylic acids is 1. The van der Waals surface area contributed by atoms with E-state index in [1.54, 1.807) is 0 Å². The quantitative estimate of drug-likeness (QED) is 0.664. The minimum Gasteiger partial charge on any atom is -0.480 e. The van der Waals surface area contributed by atoms with E-state index in [-0.39, 0.29) is 18.4 Å². The summed E-state index contributed by atoms with van der Waals surface area (Å²) < 4.78 is 5.37.